The van der Waals surface area contributed by atoms with Crippen LogP contribution < -0.4 is 4.72 Å². The van der Waals surface area contributed by atoms with Crippen LogP contribution in [0.25, 0.3) is 0 Å². The molecule has 8 nitrogen and oxygen atoms in total. The Hall–Kier alpha value is -3.43. The van der Waals surface area contributed by atoms with E-state index in [1.807, 2.05) is 0 Å². The van der Waals surface area contributed by atoms with Gasteiger partial charge >= 0.3 is 12.1 Å². The van der Waals surface area contributed by atoms with Crippen molar-refractivity contribution in [3.05, 3.63) is 65.7 Å². The van der Waals surface area contributed by atoms with E-state index < -0.39 is 41.2 Å². The van der Waals surface area contributed by atoms with Gasteiger partial charge < -0.3 is 9.64 Å². The van der Waals surface area contributed by atoms with Crippen LogP contribution in [0.3, 0.4) is 0 Å². The Kier molecular flexibility index (Phi) is 8.95. The summed E-state index contributed by atoms with van der Waals surface area (Å²) < 4.78 is 69.8. The second-order valence-corrected chi connectivity index (χ2v) is 8.52. The molecule has 0 saturated heterocycles. The van der Waals surface area contributed by atoms with Gasteiger partial charge in [0.15, 0.2) is 6.61 Å². The third-order valence-electron chi connectivity index (χ3n) is 4.20. The van der Waals surface area contributed by atoms with E-state index in [1.165, 1.54) is 0 Å². The van der Waals surface area contributed by atoms with E-state index in [0.29, 0.717) is 10.5 Å². The Morgan fingerprint density at radius 1 is 1.06 bits per heavy atom. The molecule has 0 aliphatic rings. The Balaban J connectivity index is 2.01. The molecule has 1 amide bonds. The molecule has 1 N–H and O–H groups in total. The molecule has 0 saturated carbocycles. The highest BCUT2D eigenvalue weighted by molar-refractivity contribution is 7.89. The van der Waals surface area contributed by atoms with E-state index in [-0.39, 0.29) is 30.0 Å². The van der Waals surface area contributed by atoms with Gasteiger partial charge in [0.1, 0.15) is 6.54 Å². The summed E-state index contributed by atoms with van der Waals surface area (Å²) in [6.45, 7) is -2.83. The summed E-state index contributed by atoms with van der Waals surface area (Å²) in [5, 5.41) is 8.47. The molecule has 176 valence electrons. The first kappa shape index (κ1) is 25.8. The highest BCUT2D eigenvalue weighted by atomic mass is 32.2. The average molecular weight is 483 g/mol. The van der Waals surface area contributed by atoms with Crippen molar-refractivity contribution in [1.29, 1.82) is 5.26 Å². The Morgan fingerprint density at radius 2 is 1.70 bits per heavy atom. The van der Waals surface area contributed by atoms with Gasteiger partial charge in [0.25, 0.3) is 5.91 Å². The van der Waals surface area contributed by atoms with Crippen LogP contribution in [0.4, 0.5) is 13.2 Å². The molecular formula is C21H20F3N3O5S. The number of ether oxygens (including phenoxy) is 1. The molecular weight excluding hydrogens is 463 g/mol. The van der Waals surface area contributed by atoms with Gasteiger partial charge in [-0.25, -0.2) is 17.9 Å². The van der Waals surface area contributed by atoms with Gasteiger partial charge in [0.2, 0.25) is 10.0 Å². The van der Waals surface area contributed by atoms with Crippen molar-refractivity contribution in [1.82, 2.24) is 9.62 Å². The van der Waals surface area contributed by atoms with Gasteiger partial charge in [0, 0.05) is 19.5 Å². The van der Waals surface area contributed by atoms with Gasteiger partial charge in [-0.1, -0.05) is 30.3 Å². The number of rotatable bonds is 10. The van der Waals surface area contributed by atoms with E-state index in [1.54, 1.807) is 36.4 Å². The maximum Gasteiger partial charge on any atom is 0.406 e. The number of alkyl halides is 3. The Labute approximate surface area is 188 Å². The zero-order valence-corrected chi connectivity index (χ0v) is 18.0. The first-order valence-electron chi connectivity index (χ1n) is 9.54. The first-order chi connectivity index (χ1) is 15.5. The molecule has 0 fully saturated rings. The topological polar surface area (TPSA) is 117 Å². The summed E-state index contributed by atoms with van der Waals surface area (Å²) in [5.74, 6) is -2.04. The predicted molar refractivity (Wildman–Crippen MR) is 110 cm³/mol. The first-order valence-corrected chi connectivity index (χ1v) is 11.0. The van der Waals surface area contributed by atoms with Crippen LogP contribution in [-0.2, 0) is 26.1 Å². The Morgan fingerprint density at radius 3 is 2.27 bits per heavy atom. The molecule has 33 heavy (non-hydrogen) atoms. The SMILES string of the molecule is N#CCCNS(=O)(=O)c1ccc(C(=O)OCC(=O)N(Cc2ccccc2)CC(F)(F)F)cc1. The number of nitrogens with one attached hydrogen (secondary N) is 1. The fraction of sp³-hybridized carbons (Fsp3) is 0.286. The molecule has 0 heterocycles. The van der Waals surface area contributed by atoms with E-state index in [2.05, 4.69) is 4.72 Å². The molecule has 0 unspecified atom stereocenters. The molecule has 2 aromatic carbocycles. The summed E-state index contributed by atoms with van der Waals surface area (Å²) in [6.07, 6.45) is -4.66. The highest BCUT2D eigenvalue weighted by Gasteiger charge is 2.33. The minimum Gasteiger partial charge on any atom is -0.452 e. The van der Waals surface area contributed by atoms with E-state index >= 15 is 0 Å². The molecule has 0 spiro atoms. The van der Waals surface area contributed by atoms with Crippen LogP contribution in [0, 0.1) is 11.3 Å². The lowest BCUT2D eigenvalue weighted by Crippen LogP contribution is -2.40. The number of hydrogen-bond donors (Lipinski definition) is 1. The molecule has 2 rings (SSSR count). The molecule has 0 radical (unpaired) electrons. The lowest BCUT2D eigenvalue weighted by atomic mass is 10.2. The summed E-state index contributed by atoms with van der Waals surface area (Å²) in [6, 6.07) is 14.4. The molecule has 0 bridgehead atoms. The van der Waals surface area contributed by atoms with Crippen molar-refractivity contribution in [3.8, 4) is 6.07 Å². The van der Waals surface area contributed by atoms with Crippen LogP contribution in [0.5, 0.6) is 0 Å². The number of nitriles is 1. The van der Waals surface area contributed by atoms with Gasteiger partial charge in [-0.2, -0.15) is 18.4 Å². The van der Waals surface area contributed by atoms with Crippen molar-refractivity contribution < 1.29 is 35.9 Å². The van der Waals surface area contributed by atoms with Gasteiger partial charge in [0.05, 0.1) is 16.5 Å². The number of halogens is 3. The average Bonchev–Trinajstić information content (AvgIpc) is 2.77. The fourth-order valence-electron chi connectivity index (χ4n) is 2.65. The van der Waals surface area contributed by atoms with Crippen LogP contribution in [0.15, 0.2) is 59.5 Å². The van der Waals surface area contributed by atoms with Crippen molar-refractivity contribution in [2.45, 2.75) is 24.0 Å². The number of amides is 1. The number of nitrogens with zero attached hydrogens (tertiary/aromatic N) is 2. The van der Waals surface area contributed by atoms with Crippen molar-refractivity contribution >= 4 is 21.9 Å². The molecule has 0 aliphatic heterocycles. The van der Waals surface area contributed by atoms with Gasteiger partial charge in [-0.05, 0) is 29.8 Å². The maximum atomic E-state index is 12.9. The molecule has 0 aliphatic carbocycles. The number of hydrogen-bond acceptors (Lipinski definition) is 6. The van der Waals surface area contributed by atoms with Crippen LogP contribution in [0.1, 0.15) is 22.3 Å². The van der Waals surface area contributed by atoms with E-state index in [4.69, 9.17) is 10.00 Å². The van der Waals surface area contributed by atoms with Crippen molar-refractivity contribution in [2.24, 2.45) is 0 Å². The van der Waals surface area contributed by atoms with E-state index in [0.717, 1.165) is 24.3 Å². The number of sulfonamides is 1. The largest absolute Gasteiger partial charge is 0.452 e. The number of carbonyl (C=O) groups is 2. The normalized spacial score (nSPS) is 11.5. The second kappa shape index (κ2) is 11.4. The van der Waals surface area contributed by atoms with Crippen LogP contribution >= 0.6 is 0 Å². The minimum absolute atomic E-state index is 0.0205. The third kappa shape index (κ3) is 8.55. The van der Waals surface area contributed by atoms with Gasteiger partial charge in [-0.15, -0.1) is 0 Å². The molecule has 12 heteroatoms. The summed E-state index contributed by atoms with van der Waals surface area (Å²) in [5.41, 5.74) is 0.380. The van der Waals surface area contributed by atoms with Crippen LogP contribution in [0.2, 0.25) is 0 Å². The molecule has 2 aromatic rings. The summed E-state index contributed by atoms with van der Waals surface area (Å²) >= 11 is 0. The van der Waals surface area contributed by atoms with Crippen LogP contribution in [-0.4, -0.2) is 51.1 Å². The van der Waals surface area contributed by atoms with Gasteiger partial charge in [-0.3, -0.25) is 4.79 Å². The maximum absolute atomic E-state index is 12.9. The smallest absolute Gasteiger partial charge is 0.406 e. The minimum atomic E-state index is -4.64. The zero-order chi connectivity index (χ0) is 24.5. The lowest BCUT2D eigenvalue weighted by molar-refractivity contribution is -0.164. The standard InChI is InChI=1S/C21H20F3N3O5S/c22-21(23,24)15-27(13-16-5-2-1-3-6-16)19(28)14-32-20(29)17-7-9-18(10-8-17)33(30,31)26-12-4-11-25/h1-3,5-10,26H,4,12-15H2. The molecule has 0 atom stereocenters. The number of carbonyl (C=O) groups excluding carboxylic acids is 2. The predicted octanol–water partition coefficient (Wildman–Crippen LogP) is 2.63. The summed E-state index contributed by atoms with van der Waals surface area (Å²) in [4.78, 5) is 24.9. The Bertz CT molecular complexity index is 1100. The third-order valence-corrected chi connectivity index (χ3v) is 5.67. The van der Waals surface area contributed by atoms with Crippen molar-refractivity contribution in [2.75, 3.05) is 19.7 Å². The van der Waals surface area contributed by atoms with E-state index in [9.17, 15) is 31.2 Å². The zero-order valence-electron chi connectivity index (χ0n) is 17.2. The quantitative estimate of drug-likeness (QED) is 0.410. The fourth-order valence-corrected chi connectivity index (χ4v) is 3.68. The number of benzene rings is 2. The number of esters is 1. The summed E-state index contributed by atoms with van der Waals surface area (Å²) in [7, 11) is -3.88. The molecule has 0 aromatic heterocycles. The second-order valence-electron chi connectivity index (χ2n) is 6.76. The highest BCUT2D eigenvalue weighted by Crippen LogP contribution is 2.19. The van der Waals surface area contributed by atoms with Crippen molar-refractivity contribution in [3.63, 3.8) is 0 Å². The lowest BCUT2D eigenvalue weighted by Gasteiger charge is -2.24. The monoisotopic (exact) mass is 483 g/mol.